The Bertz CT molecular complexity index is 280. The molecule has 1 heterocycles. The molecule has 0 fully saturated rings. The molecule has 1 aromatic heterocycles. The molecular formula is C14H26N2O. The van der Waals surface area contributed by atoms with Gasteiger partial charge in [0, 0.05) is 13.0 Å². The molecule has 3 N–H and O–H groups in total. The van der Waals surface area contributed by atoms with Crippen LogP contribution in [0.1, 0.15) is 38.9 Å². The number of nitrogens with one attached hydrogen (secondary N) is 1. The van der Waals surface area contributed by atoms with E-state index in [1.807, 2.05) is 12.1 Å². The Hall–Kier alpha value is -0.800. The topological polar surface area (TPSA) is 51.2 Å². The van der Waals surface area contributed by atoms with E-state index < -0.39 is 0 Å². The molecule has 0 radical (unpaired) electrons. The SMILES string of the molecule is CC(C)(CCN)CCCNCCc1ccco1. The van der Waals surface area contributed by atoms with Gasteiger partial charge in [-0.2, -0.15) is 0 Å². The number of furan rings is 1. The van der Waals surface area contributed by atoms with Crippen LogP contribution in [0.4, 0.5) is 0 Å². The van der Waals surface area contributed by atoms with Gasteiger partial charge in [0.2, 0.25) is 0 Å². The molecule has 17 heavy (non-hydrogen) atoms. The van der Waals surface area contributed by atoms with Crippen molar-refractivity contribution in [2.24, 2.45) is 11.1 Å². The van der Waals surface area contributed by atoms with Crippen molar-refractivity contribution in [3.63, 3.8) is 0 Å². The monoisotopic (exact) mass is 238 g/mol. The summed E-state index contributed by atoms with van der Waals surface area (Å²) in [6.07, 6.45) is 6.26. The van der Waals surface area contributed by atoms with Crippen LogP contribution in [-0.2, 0) is 6.42 Å². The van der Waals surface area contributed by atoms with Crippen molar-refractivity contribution in [2.45, 2.75) is 39.5 Å². The minimum Gasteiger partial charge on any atom is -0.469 e. The van der Waals surface area contributed by atoms with Gasteiger partial charge in [0.1, 0.15) is 5.76 Å². The van der Waals surface area contributed by atoms with Crippen LogP contribution >= 0.6 is 0 Å². The molecule has 0 aliphatic carbocycles. The molecular weight excluding hydrogens is 212 g/mol. The Morgan fingerprint density at radius 1 is 1.29 bits per heavy atom. The Morgan fingerprint density at radius 2 is 2.12 bits per heavy atom. The van der Waals surface area contributed by atoms with Gasteiger partial charge >= 0.3 is 0 Å². The molecule has 98 valence electrons. The summed E-state index contributed by atoms with van der Waals surface area (Å²) in [5.41, 5.74) is 5.98. The summed E-state index contributed by atoms with van der Waals surface area (Å²) >= 11 is 0. The minimum absolute atomic E-state index is 0.386. The zero-order valence-electron chi connectivity index (χ0n) is 11.2. The van der Waals surface area contributed by atoms with Crippen LogP contribution in [0.25, 0.3) is 0 Å². The van der Waals surface area contributed by atoms with Crippen LogP contribution in [-0.4, -0.2) is 19.6 Å². The summed E-state index contributed by atoms with van der Waals surface area (Å²) in [5, 5.41) is 3.45. The van der Waals surface area contributed by atoms with E-state index in [1.165, 1.54) is 12.8 Å². The fourth-order valence-corrected chi connectivity index (χ4v) is 2.00. The standard InChI is InChI=1S/C14H26N2O/c1-14(2,8-9-15)7-4-10-16-11-6-13-5-3-12-17-13/h3,5,12,16H,4,6-11,15H2,1-2H3. The molecule has 0 saturated heterocycles. The second-order valence-electron chi connectivity index (χ2n) is 5.39. The number of nitrogens with two attached hydrogens (primary N) is 1. The van der Waals surface area contributed by atoms with Gasteiger partial charge in [-0.15, -0.1) is 0 Å². The van der Waals surface area contributed by atoms with Gasteiger partial charge in [-0.05, 0) is 49.9 Å². The van der Waals surface area contributed by atoms with Crippen LogP contribution < -0.4 is 11.1 Å². The first kappa shape index (κ1) is 14.3. The summed E-state index contributed by atoms with van der Waals surface area (Å²) < 4.78 is 5.27. The Kier molecular flexibility index (Phi) is 6.30. The van der Waals surface area contributed by atoms with E-state index in [-0.39, 0.29) is 0 Å². The molecule has 0 amide bonds. The maximum Gasteiger partial charge on any atom is 0.105 e. The maximum atomic E-state index is 5.59. The van der Waals surface area contributed by atoms with Crippen molar-refractivity contribution in [3.05, 3.63) is 24.2 Å². The van der Waals surface area contributed by atoms with Crippen molar-refractivity contribution in [1.82, 2.24) is 5.32 Å². The predicted molar refractivity (Wildman–Crippen MR) is 72.0 cm³/mol. The Morgan fingerprint density at radius 3 is 2.76 bits per heavy atom. The molecule has 0 aromatic carbocycles. The minimum atomic E-state index is 0.386. The molecule has 0 spiro atoms. The molecule has 0 unspecified atom stereocenters. The third-order valence-electron chi connectivity index (χ3n) is 3.16. The summed E-state index contributed by atoms with van der Waals surface area (Å²) in [6, 6.07) is 3.96. The summed E-state index contributed by atoms with van der Waals surface area (Å²) in [6.45, 7) is 7.45. The lowest BCUT2D eigenvalue weighted by atomic mass is 9.84. The van der Waals surface area contributed by atoms with E-state index in [4.69, 9.17) is 10.2 Å². The van der Waals surface area contributed by atoms with E-state index in [0.29, 0.717) is 5.41 Å². The zero-order chi connectivity index (χ0) is 12.6. The van der Waals surface area contributed by atoms with E-state index in [9.17, 15) is 0 Å². The summed E-state index contributed by atoms with van der Waals surface area (Å²) in [7, 11) is 0. The molecule has 1 aromatic rings. The van der Waals surface area contributed by atoms with Crippen molar-refractivity contribution in [1.29, 1.82) is 0 Å². The van der Waals surface area contributed by atoms with E-state index in [2.05, 4.69) is 19.2 Å². The van der Waals surface area contributed by atoms with Crippen molar-refractivity contribution in [2.75, 3.05) is 19.6 Å². The predicted octanol–water partition coefficient (Wildman–Crippen LogP) is 2.57. The van der Waals surface area contributed by atoms with Gasteiger partial charge in [-0.1, -0.05) is 13.8 Å². The second-order valence-corrected chi connectivity index (χ2v) is 5.39. The van der Waals surface area contributed by atoms with E-state index in [1.54, 1.807) is 6.26 Å². The Labute approximate surface area is 105 Å². The van der Waals surface area contributed by atoms with Crippen molar-refractivity contribution >= 4 is 0 Å². The third kappa shape index (κ3) is 6.49. The fraction of sp³-hybridized carbons (Fsp3) is 0.714. The summed E-state index contributed by atoms with van der Waals surface area (Å²) in [5.74, 6) is 1.06. The lowest BCUT2D eigenvalue weighted by molar-refractivity contribution is 0.302. The zero-order valence-corrected chi connectivity index (χ0v) is 11.2. The maximum absolute atomic E-state index is 5.59. The molecule has 0 aliphatic heterocycles. The first-order valence-electron chi connectivity index (χ1n) is 6.57. The fourth-order valence-electron chi connectivity index (χ4n) is 2.00. The third-order valence-corrected chi connectivity index (χ3v) is 3.16. The van der Waals surface area contributed by atoms with Gasteiger partial charge < -0.3 is 15.5 Å². The molecule has 3 heteroatoms. The first-order chi connectivity index (χ1) is 8.14. The smallest absolute Gasteiger partial charge is 0.105 e. The van der Waals surface area contributed by atoms with Crippen LogP contribution in [0, 0.1) is 5.41 Å². The highest BCUT2D eigenvalue weighted by Gasteiger charge is 2.15. The molecule has 0 bridgehead atoms. The highest BCUT2D eigenvalue weighted by atomic mass is 16.3. The van der Waals surface area contributed by atoms with Gasteiger partial charge in [0.25, 0.3) is 0 Å². The van der Waals surface area contributed by atoms with Gasteiger partial charge in [-0.3, -0.25) is 0 Å². The van der Waals surface area contributed by atoms with Crippen LogP contribution in [0.2, 0.25) is 0 Å². The highest BCUT2D eigenvalue weighted by molar-refractivity contribution is 4.98. The second kappa shape index (κ2) is 7.51. The lowest BCUT2D eigenvalue weighted by Crippen LogP contribution is -2.22. The van der Waals surface area contributed by atoms with Crippen LogP contribution in [0.15, 0.2) is 22.8 Å². The van der Waals surface area contributed by atoms with E-state index >= 15 is 0 Å². The van der Waals surface area contributed by atoms with Gasteiger partial charge in [-0.25, -0.2) is 0 Å². The highest BCUT2D eigenvalue weighted by Crippen LogP contribution is 2.25. The normalized spacial score (nSPS) is 11.9. The molecule has 0 atom stereocenters. The lowest BCUT2D eigenvalue weighted by Gasteiger charge is -2.23. The van der Waals surface area contributed by atoms with E-state index in [0.717, 1.165) is 38.2 Å². The van der Waals surface area contributed by atoms with Gasteiger partial charge in [0.15, 0.2) is 0 Å². The van der Waals surface area contributed by atoms with Crippen molar-refractivity contribution < 1.29 is 4.42 Å². The Balaban J connectivity index is 1.97. The quantitative estimate of drug-likeness (QED) is 0.650. The molecule has 0 aliphatic rings. The average Bonchev–Trinajstić information content (AvgIpc) is 2.76. The molecule has 0 saturated carbocycles. The largest absolute Gasteiger partial charge is 0.469 e. The average molecular weight is 238 g/mol. The number of rotatable bonds is 9. The van der Waals surface area contributed by atoms with Crippen LogP contribution in [0.5, 0.6) is 0 Å². The first-order valence-corrected chi connectivity index (χ1v) is 6.57. The number of hydrogen-bond acceptors (Lipinski definition) is 3. The van der Waals surface area contributed by atoms with Crippen LogP contribution in [0.3, 0.4) is 0 Å². The van der Waals surface area contributed by atoms with Crippen molar-refractivity contribution in [3.8, 4) is 0 Å². The molecule has 3 nitrogen and oxygen atoms in total. The molecule has 1 rings (SSSR count). The van der Waals surface area contributed by atoms with Gasteiger partial charge in [0.05, 0.1) is 6.26 Å². The summed E-state index contributed by atoms with van der Waals surface area (Å²) in [4.78, 5) is 0. The number of hydrogen-bond donors (Lipinski definition) is 2.